The number of nitrogens with one attached hydrogen (secondary N) is 1. The van der Waals surface area contributed by atoms with Crippen molar-refractivity contribution >= 4 is 17.3 Å². The van der Waals surface area contributed by atoms with Gasteiger partial charge in [-0.05, 0) is 37.6 Å². The monoisotopic (exact) mass is 410 g/mol. The lowest BCUT2D eigenvalue weighted by atomic mass is 10.2. The van der Waals surface area contributed by atoms with Gasteiger partial charge in [0.25, 0.3) is 11.6 Å². The number of non-ortho nitro benzene ring substituents is 1. The fourth-order valence-corrected chi connectivity index (χ4v) is 2.86. The van der Waals surface area contributed by atoms with Gasteiger partial charge in [0.2, 0.25) is 0 Å². The number of benzene rings is 2. The number of hydrogen-bond acceptors (Lipinski definition) is 6. The summed E-state index contributed by atoms with van der Waals surface area (Å²) < 4.78 is 12.9. The minimum atomic E-state index is -0.540. The van der Waals surface area contributed by atoms with E-state index >= 15 is 0 Å². The summed E-state index contributed by atoms with van der Waals surface area (Å²) in [6.45, 7) is 5.37. The summed E-state index contributed by atoms with van der Waals surface area (Å²) in [5.74, 6) is 0.912. The number of ether oxygens (including phenoxy) is 2. The molecule has 0 aliphatic carbocycles. The maximum atomic E-state index is 12.4. The Morgan fingerprint density at radius 2 is 1.90 bits per heavy atom. The molecule has 0 saturated carbocycles. The molecule has 3 rings (SSSR count). The Balaban J connectivity index is 1.69. The molecule has 3 aromatic rings. The molecule has 0 aliphatic rings. The van der Waals surface area contributed by atoms with E-state index < -0.39 is 10.8 Å². The van der Waals surface area contributed by atoms with Gasteiger partial charge in [0.1, 0.15) is 0 Å². The van der Waals surface area contributed by atoms with Crippen LogP contribution in [0.2, 0.25) is 0 Å². The summed E-state index contributed by atoms with van der Waals surface area (Å²) >= 11 is 0. The molecule has 2 aromatic carbocycles. The molecule has 1 N–H and O–H groups in total. The largest absolute Gasteiger partial charge is 0.490 e. The quantitative estimate of drug-likeness (QED) is 0.423. The third-order valence-electron chi connectivity index (χ3n) is 4.16. The van der Waals surface area contributed by atoms with E-state index in [-0.39, 0.29) is 11.3 Å². The first-order chi connectivity index (χ1) is 14.5. The van der Waals surface area contributed by atoms with Crippen molar-refractivity contribution in [3.8, 4) is 11.5 Å². The third kappa shape index (κ3) is 5.13. The van der Waals surface area contributed by atoms with Crippen molar-refractivity contribution in [1.82, 2.24) is 9.78 Å². The van der Waals surface area contributed by atoms with Crippen LogP contribution < -0.4 is 14.8 Å². The molecule has 0 fully saturated rings. The standard InChI is InChI=1S/C21H22N4O5/c1-3-29-19-9-8-15(10-20(19)30-4-2)13-24-14-17(12-22-24)23-21(26)16-6-5-7-18(11-16)25(27)28/h5-12,14H,3-4,13H2,1-2H3,(H,23,26). The van der Waals surface area contributed by atoms with Gasteiger partial charge in [0.15, 0.2) is 11.5 Å². The van der Waals surface area contributed by atoms with Crippen molar-refractivity contribution in [3.63, 3.8) is 0 Å². The molecule has 0 saturated heterocycles. The van der Waals surface area contributed by atoms with E-state index in [1.54, 1.807) is 10.9 Å². The van der Waals surface area contributed by atoms with E-state index in [2.05, 4.69) is 10.4 Å². The van der Waals surface area contributed by atoms with Gasteiger partial charge in [-0.1, -0.05) is 12.1 Å². The maximum absolute atomic E-state index is 12.4. The number of rotatable bonds is 9. The van der Waals surface area contributed by atoms with Gasteiger partial charge in [-0.3, -0.25) is 19.6 Å². The summed E-state index contributed by atoms with van der Waals surface area (Å²) in [6.07, 6.45) is 3.21. The molecule has 156 valence electrons. The molecule has 1 amide bonds. The molecule has 1 aromatic heterocycles. The average Bonchev–Trinajstić information content (AvgIpc) is 3.17. The first-order valence-corrected chi connectivity index (χ1v) is 9.47. The van der Waals surface area contributed by atoms with Gasteiger partial charge in [-0.15, -0.1) is 0 Å². The number of nitrogens with zero attached hydrogens (tertiary/aromatic N) is 3. The molecule has 9 nitrogen and oxygen atoms in total. The van der Waals surface area contributed by atoms with Crippen molar-refractivity contribution in [3.05, 3.63) is 76.1 Å². The van der Waals surface area contributed by atoms with Crippen LogP contribution in [0.3, 0.4) is 0 Å². The number of carbonyl (C=O) groups excluding carboxylic acids is 1. The SMILES string of the molecule is CCOc1ccc(Cn2cc(NC(=O)c3cccc([N+](=O)[O-])c3)cn2)cc1OCC. The number of anilines is 1. The number of aromatic nitrogens is 2. The van der Waals surface area contributed by atoms with E-state index in [0.29, 0.717) is 36.9 Å². The van der Waals surface area contributed by atoms with E-state index in [1.807, 2.05) is 32.0 Å². The van der Waals surface area contributed by atoms with Gasteiger partial charge in [0.05, 0.1) is 36.6 Å². The zero-order chi connectivity index (χ0) is 21.5. The molecule has 9 heteroatoms. The topological polar surface area (TPSA) is 109 Å². The van der Waals surface area contributed by atoms with Crippen LogP contribution in [0.5, 0.6) is 11.5 Å². The summed E-state index contributed by atoms with van der Waals surface area (Å²) in [5.41, 5.74) is 1.51. The predicted molar refractivity (Wildman–Crippen MR) is 111 cm³/mol. The number of carbonyl (C=O) groups is 1. The van der Waals surface area contributed by atoms with Gasteiger partial charge in [-0.2, -0.15) is 5.10 Å². The van der Waals surface area contributed by atoms with Gasteiger partial charge >= 0.3 is 0 Å². The van der Waals surface area contributed by atoms with Crippen LogP contribution in [-0.2, 0) is 6.54 Å². The highest BCUT2D eigenvalue weighted by Gasteiger charge is 2.13. The molecule has 0 atom stereocenters. The molecule has 0 bridgehead atoms. The number of nitro benzene ring substituents is 1. The molecular formula is C21H22N4O5. The van der Waals surface area contributed by atoms with Gasteiger partial charge in [-0.25, -0.2) is 0 Å². The van der Waals surface area contributed by atoms with E-state index in [4.69, 9.17) is 9.47 Å². The van der Waals surface area contributed by atoms with Crippen molar-refractivity contribution in [1.29, 1.82) is 0 Å². The fourth-order valence-electron chi connectivity index (χ4n) is 2.86. The smallest absolute Gasteiger partial charge is 0.270 e. The van der Waals surface area contributed by atoms with Crippen molar-refractivity contribution in [2.24, 2.45) is 0 Å². The normalized spacial score (nSPS) is 10.5. The molecule has 0 aliphatic heterocycles. The Kier molecular flexibility index (Phi) is 6.63. The highest BCUT2D eigenvalue weighted by atomic mass is 16.6. The van der Waals surface area contributed by atoms with Crippen LogP contribution in [-0.4, -0.2) is 33.8 Å². The average molecular weight is 410 g/mol. The second-order valence-corrected chi connectivity index (χ2v) is 6.34. The Morgan fingerprint density at radius 1 is 1.13 bits per heavy atom. The Morgan fingerprint density at radius 3 is 2.63 bits per heavy atom. The van der Waals surface area contributed by atoms with Crippen LogP contribution in [0.4, 0.5) is 11.4 Å². The second kappa shape index (κ2) is 9.55. The zero-order valence-electron chi connectivity index (χ0n) is 16.7. The summed E-state index contributed by atoms with van der Waals surface area (Å²) in [5, 5.41) is 17.8. The molecule has 0 spiro atoms. The maximum Gasteiger partial charge on any atom is 0.270 e. The minimum absolute atomic E-state index is 0.140. The lowest BCUT2D eigenvalue weighted by molar-refractivity contribution is -0.384. The Bertz CT molecular complexity index is 1050. The predicted octanol–water partition coefficient (Wildman–Crippen LogP) is 3.89. The highest BCUT2D eigenvalue weighted by molar-refractivity contribution is 6.04. The van der Waals surface area contributed by atoms with Gasteiger partial charge in [0, 0.05) is 23.9 Å². The van der Waals surface area contributed by atoms with Crippen LogP contribution in [0, 0.1) is 10.1 Å². The zero-order valence-corrected chi connectivity index (χ0v) is 16.7. The van der Waals surface area contributed by atoms with Crippen molar-refractivity contribution in [2.75, 3.05) is 18.5 Å². The molecule has 0 unspecified atom stereocenters. The van der Waals surface area contributed by atoms with Crippen LogP contribution in [0.1, 0.15) is 29.8 Å². The van der Waals surface area contributed by atoms with E-state index in [9.17, 15) is 14.9 Å². The summed E-state index contributed by atoms with van der Waals surface area (Å²) in [6, 6.07) is 11.2. The lowest BCUT2D eigenvalue weighted by Gasteiger charge is -2.12. The number of hydrogen-bond donors (Lipinski definition) is 1. The molecule has 30 heavy (non-hydrogen) atoms. The van der Waals surface area contributed by atoms with Crippen LogP contribution >= 0.6 is 0 Å². The number of amides is 1. The van der Waals surface area contributed by atoms with Gasteiger partial charge < -0.3 is 14.8 Å². The molecule has 1 heterocycles. The van der Waals surface area contributed by atoms with E-state index in [0.717, 1.165) is 5.56 Å². The Labute approximate surface area is 173 Å². The second-order valence-electron chi connectivity index (χ2n) is 6.34. The van der Waals surface area contributed by atoms with Crippen LogP contribution in [0.25, 0.3) is 0 Å². The summed E-state index contributed by atoms with van der Waals surface area (Å²) in [4.78, 5) is 22.7. The van der Waals surface area contributed by atoms with Crippen molar-refractivity contribution in [2.45, 2.75) is 20.4 Å². The number of nitro groups is 1. The molecular weight excluding hydrogens is 388 g/mol. The van der Waals surface area contributed by atoms with Crippen LogP contribution in [0.15, 0.2) is 54.9 Å². The highest BCUT2D eigenvalue weighted by Crippen LogP contribution is 2.29. The van der Waals surface area contributed by atoms with Crippen molar-refractivity contribution < 1.29 is 19.2 Å². The Hall–Kier alpha value is -3.88. The fraction of sp³-hybridized carbons (Fsp3) is 0.238. The minimum Gasteiger partial charge on any atom is -0.490 e. The first kappa shape index (κ1) is 20.8. The molecule has 0 radical (unpaired) electrons. The third-order valence-corrected chi connectivity index (χ3v) is 4.16. The summed E-state index contributed by atoms with van der Waals surface area (Å²) in [7, 11) is 0. The lowest BCUT2D eigenvalue weighted by Crippen LogP contribution is -2.11. The van der Waals surface area contributed by atoms with E-state index in [1.165, 1.54) is 30.5 Å². The first-order valence-electron chi connectivity index (χ1n) is 9.47.